The Bertz CT molecular complexity index is 739. The zero-order chi connectivity index (χ0) is 14.7. The number of nitrogens with two attached hydrogens (primary N) is 1. The highest BCUT2D eigenvalue weighted by molar-refractivity contribution is 6.31. The van der Waals surface area contributed by atoms with Crippen LogP contribution in [0.3, 0.4) is 0 Å². The fourth-order valence-electron chi connectivity index (χ4n) is 2.21. The van der Waals surface area contributed by atoms with Crippen molar-refractivity contribution >= 4 is 11.6 Å². The van der Waals surface area contributed by atoms with Gasteiger partial charge in [-0.25, -0.2) is 4.68 Å². The molecule has 2 heterocycles. The number of aromatic nitrogens is 4. The predicted octanol–water partition coefficient (Wildman–Crippen LogP) is 2.50. The van der Waals surface area contributed by atoms with E-state index in [9.17, 15) is 0 Å². The summed E-state index contributed by atoms with van der Waals surface area (Å²) >= 11 is 6.22. The lowest BCUT2D eigenvalue weighted by Gasteiger charge is -2.09. The van der Waals surface area contributed by atoms with Crippen LogP contribution in [0, 0.1) is 0 Å². The molecule has 6 heteroatoms. The molecule has 106 valence electrons. The molecule has 2 N–H and O–H groups in total. The normalized spacial score (nSPS) is 10.8. The second-order valence-corrected chi connectivity index (χ2v) is 4.98. The fourth-order valence-corrected chi connectivity index (χ4v) is 2.41. The van der Waals surface area contributed by atoms with E-state index in [0.717, 1.165) is 22.5 Å². The van der Waals surface area contributed by atoms with Gasteiger partial charge in [0.2, 0.25) is 0 Å². The first-order valence-electron chi connectivity index (χ1n) is 6.56. The summed E-state index contributed by atoms with van der Waals surface area (Å²) in [4.78, 5) is 4.04. The molecule has 2 aromatic heterocycles. The van der Waals surface area contributed by atoms with Gasteiger partial charge < -0.3 is 5.73 Å². The van der Waals surface area contributed by atoms with Gasteiger partial charge in [-0.2, -0.15) is 0 Å². The largest absolute Gasteiger partial charge is 0.325 e. The summed E-state index contributed by atoms with van der Waals surface area (Å²) in [5.74, 6) is 0. The molecule has 0 amide bonds. The SMILES string of the molecule is NCc1nnn(Cc2ccccc2Cl)c1-c1ccncc1. The first-order chi connectivity index (χ1) is 10.3. The van der Waals surface area contributed by atoms with Crippen LogP contribution in [0.4, 0.5) is 0 Å². The van der Waals surface area contributed by atoms with Crippen LogP contribution in [0.5, 0.6) is 0 Å². The third kappa shape index (κ3) is 2.79. The smallest absolute Gasteiger partial charge is 0.104 e. The summed E-state index contributed by atoms with van der Waals surface area (Å²) in [6, 6.07) is 11.5. The van der Waals surface area contributed by atoms with Gasteiger partial charge in [0.15, 0.2) is 0 Å². The molecule has 0 aliphatic rings. The minimum atomic E-state index is 0.334. The maximum Gasteiger partial charge on any atom is 0.104 e. The lowest BCUT2D eigenvalue weighted by molar-refractivity contribution is 0.655. The number of halogens is 1. The van der Waals surface area contributed by atoms with Gasteiger partial charge in [0.25, 0.3) is 0 Å². The zero-order valence-electron chi connectivity index (χ0n) is 11.3. The molecule has 3 aromatic rings. The fraction of sp³-hybridized carbons (Fsp3) is 0.133. The molecule has 0 spiro atoms. The molecule has 0 aliphatic heterocycles. The maximum atomic E-state index is 6.22. The third-order valence-corrected chi connectivity index (χ3v) is 3.60. The number of nitrogens with zero attached hydrogens (tertiary/aromatic N) is 4. The zero-order valence-corrected chi connectivity index (χ0v) is 12.0. The van der Waals surface area contributed by atoms with Gasteiger partial charge in [0.05, 0.1) is 12.2 Å². The quantitative estimate of drug-likeness (QED) is 0.803. The molecule has 0 atom stereocenters. The lowest BCUT2D eigenvalue weighted by atomic mass is 10.1. The lowest BCUT2D eigenvalue weighted by Crippen LogP contribution is -2.06. The van der Waals surface area contributed by atoms with Crippen molar-refractivity contribution in [3.05, 3.63) is 65.1 Å². The van der Waals surface area contributed by atoms with E-state index in [1.54, 1.807) is 12.4 Å². The molecule has 0 saturated heterocycles. The van der Waals surface area contributed by atoms with Crippen molar-refractivity contribution < 1.29 is 0 Å². The molecule has 0 bridgehead atoms. The number of benzene rings is 1. The summed E-state index contributed by atoms with van der Waals surface area (Å²) in [5, 5.41) is 9.08. The van der Waals surface area contributed by atoms with E-state index in [-0.39, 0.29) is 0 Å². The molecule has 21 heavy (non-hydrogen) atoms. The van der Waals surface area contributed by atoms with Gasteiger partial charge in [-0.15, -0.1) is 5.10 Å². The summed E-state index contributed by atoms with van der Waals surface area (Å²) in [6.07, 6.45) is 3.48. The molecule has 0 saturated carbocycles. The van der Waals surface area contributed by atoms with Gasteiger partial charge in [-0.3, -0.25) is 4.98 Å². The number of hydrogen-bond acceptors (Lipinski definition) is 4. The topological polar surface area (TPSA) is 69.6 Å². The molecular weight excluding hydrogens is 286 g/mol. The Morgan fingerprint density at radius 3 is 2.57 bits per heavy atom. The average Bonchev–Trinajstić information content (AvgIpc) is 2.93. The maximum absolute atomic E-state index is 6.22. The van der Waals surface area contributed by atoms with E-state index in [0.29, 0.717) is 18.1 Å². The van der Waals surface area contributed by atoms with Gasteiger partial charge in [0, 0.05) is 29.5 Å². The second kappa shape index (κ2) is 6.03. The minimum absolute atomic E-state index is 0.334. The summed E-state index contributed by atoms with van der Waals surface area (Å²) < 4.78 is 1.82. The van der Waals surface area contributed by atoms with Crippen LogP contribution in [0.2, 0.25) is 5.02 Å². The molecule has 1 aromatic carbocycles. The predicted molar refractivity (Wildman–Crippen MR) is 81.7 cm³/mol. The molecule has 0 fully saturated rings. The van der Waals surface area contributed by atoms with Gasteiger partial charge in [-0.05, 0) is 23.8 Å². The van der Waals surface area contributed by atoms with E-state index in [4.69, 9.17) is 17.3 Å². The minimum Gasteiger partial charge on any atom is -0.325 e. The third-order valence-electron chi connectivity index (χ3n) is 3.23. The van der Waals surface area contributed by atoms with E-state index < -0.39 is 0 Å². The molecule has 0 unspecified atom stereocenters. The molecule has 0 aliphatic carbocycles. The molecule has 5 nitrogen and oxygen atoms in total. The molecule has 0 radical (unpaired) electrons. The summed E-state index contributed by atoms with van der Waals surface area (Å²) in [5.41, 5.74) is 9.40. The van der Waals surface area contributed by atoms with Gasteiger partial charge in [-0.1, -0.05) is 35.0 Å². The Balaban J connectivity index is 2.04. The van der Waals surface area contributed by atoms with Crippen molar-refractivity contribution in [2.24, 2.45) is 5.73 Å². The van der Waals surface area contributed by atoms with Crippen LogP contribution in [0.1, 0.15) is 11.3 Å². The van der Waals surface area contributed by atoms with Crippen LogP contribution in [0.25, 0.3) is 11.3 Å². The van der Waals surface area contributed by atoms with E-state index >= 15 is 0 Å². The van der Waals surface area contributed by atoms with E-state index in [1.165, 1.54) is 0 Å². The first kappa shape index (κ1) is 13.7. The Kier molecular flexibility index (Phi) is 3.94. The number of hydrogen-bond donors (Lipinski definition) is 1. The van der Waals surface area contributed by atoms with Crippen LogP contribution in [0.15, 0.2) is 48.8 Å². The van der Waals surface area contributed by atoms with E-state index in [2.05, 4.69) is 15.3 Å². The van der Waals surface area contributed by atoms with Crippen molar-refractivity contribution in [3.63, 3.8) is 0 Å². The number of rotatable bonds is 4. The Morgan fingerprint density at radius 1 is 1.10 bits per heavy atom. The van der Waals surface area contributed by atoms with Crippen LogP contribution in [-0.4, -0.2) is 20.0 Å². The van der Waals surface area contributed by atoms with Crippen LogP contribution < -0.4 is 5.73 Å². The molecular formula is C15H14ClN5. The Labute approximate surface area is 127 Å². The average molecular weight is 300 g/mol. The van der Waals surface area contributed by atoms with Crippen LogP contribution in [-0.2, 0) is 13.1 Å². The Morgan fingerprint density at radius 2 is 1.86 bits per heavy atom. The monoisotopic (exact) mass is 299 g/mol. The van der Waals surface area contributed by atoms with Crippen LogP contribution >= 0.6 is 11.6 Å². The van der Waals surface area contributed by atoms with Crippen molar-refractivity contribution in [2.45, 2.75) is 13.1 Å². The second-order valence-electron chi connectivity index (χ2n) is 4.57. The van der Waals surface area contributed by atoms with E-state index in [1.807, 2.05) is 41.1 Å². The van der Waals surface area contributed by atoms with Crippen molar-refractivity contribution in [3.8, 4) is 11.3 Å². The highest BCUT2D eigenvalue weighted by Crippen LogP contribution is 2.24. The summed E-state index contributed by atoms with van der Waals surface area (Å²) in [6.45, 7) is 0.879. The van der Waals surface area contributed by atoms with Crippen molar-refractivity contribution in [1.82, 2.24) is 20.0 Å². The molecule has 3 rings (SSSR count). The standard InChI is InChI=1S/C15H14ClN5/c16-13-4-2-1-3-12(13)10-21-15(14(9-17)19-20-21)11-5-7-18-8-6-11/h1-8H,9-10,17H2. The van der Waals surface area contributed by atoms with Crippen molar-refractivity contribution in [2.75, 3.05) is 0 Å². The number of pyridine rings is 1. The van der Waals surface area contributed by atoms with Crippen molar-refractivity contribution in [1.29, 1.82) is 0 Å². The van der Waals surface area contributed by atoms with Gasteiger partial charge >= 0.3 is 0 Å². The highest BCUT2D eigenvalue weighted by atomic mass is 35.5. The Hall–Kier alpha value is -2.24. The van der Waals surface area contributed by atoms with Gasteiger partial charge in [0.1, 0.15) is 5.69 Å². The highest BCUT2D eigenvalue weighted by Gasteiger charge is 2.14. The first-order valence-corrected chi connectivity index (χ1v) is 6.93. The summed E-state index contributed by atoms with van der Waals surface area (Å²) in [7, 11) is 0.